The monoisotopic (exact) mass is 786 g/mol. The second-order valence-electron chi connectivity index (χ2n) is 16.5. The SMILES string of the molecule is CC1(C)c2cc(N(c3ccccc3)c3ccccc3)ccc2-n2c3ccc(N(c4ccccc4)c4ccccc4)cc3c3cc(N(C4=CCCC=C4)c4ccccc4)cc1c32. The third kappa shape index (κ3) is 6.22. The largest absolute Gasteiger partial charge is 0.311 e. The first-order valence-electron chi connectivity index (χ1n) is 21.3. The maximum absolute atomic E-state index is 2.54. The maximum Gasteiger partial charge on any atom is 0.0583 e. The van der Waals surface area contributed by atoms with Gasteiger partial charge in [0.15, 0.2) is 0 Å². The van der Waals surface area contributed by atoms with Crippen molar-refractivity contribution in [2.75, 3.05) is 14.7 Å². The molecule has 0 unspecified atom stereocenters. The Morgan fingerprint density at radius 3 is 1.38 bits per heavy atom. The summed E-state index contributed by atoms with van der Waals surface area (Å²) in [6, 6.07) is 72.7. The van der Waals surface area contributed by atoms with Gasteiger partial charge in [-0.25, -0.2) is 0 Å². The van der Waals surface area contributed by atoms with E-state index in [0.29, 0.717) is 0 Å². The Hall–Kier alpha value is -7.56. The molecule has 0 amide bonds. The van der Waals surface area contributed by atoms with E-state index in [0.717, 1.165) is 58.3 Å². The minimum Gasteiger partial charge on any atom is -0.311 e. The van der Waals surface area contributed by atoms with Crippen LogP contribution in [0.15, 0.2) is 224 Å². The molecule has 0 radical (unpaired) electrons. The molecule has 0 N–H and O–H groups in total. The summed E-state index contributed by atoms with van der Waals surface area (Å²) in [5.74, 6) is 0. The van der Waals surface area contributed by atoms with Gasteiger partial charge in [0.1, 0.15) is 0 Å². The van der Waals surface area contributed by atoms with Crippen LogP contribution in [0.5, 0.6) is 0 Å². The molecule has 9 aromatic rings. The van der Waals surface area contributed by atoms with Gasteiger partial charge in [-0.1, -0.05) is 117 Å². The average Bonchev–Trinajstić information content (AvgIpc) is 3.64. The number of anilines is 8. The van der Waals surface area contributed by atoms with Crippen LogP contribution in [0.1, 0.15) is 37.8 Å². The second-order valence-corrected chi connectivity index (χ2v) is 16.5. The third-order valence-corrected chi connectivity index (χ3v) is 12.5. The van der Waals surface area contributed by atoms with Crippen LogP contribution in [0.25, 0.3) is 27.5 Å². The van der Waals surface area contributed by atoms with Crippen molar-refractivity contribution >= 4 is 67.3 Å². The summed E-state index contributed by atoms with van der Waals surface area (Å²) in [5, 5.41) is 2.46. The fourth-order valence-corrected chi connectivity index (χ4v) is 9.61. The van der Waals surface area contributed by atoms with Crippen LogP contribution in [0.3, 0.4) is 0 Å². The molecule has 8 aromatic carbocycles. The van der Waals surface area contributed by atoms with Crippen molar-refractivity contribution in [1.82, 2.24) is 4.57 Å². The van der Waals surface area contributed by atoms with Gasteiger partial charge in [0.05, 0.1) is 16.7 Å². The molecule has 0 bridgehead atoms. The Kier molecular flexibility index (Phi) is 8.93. The fourth-order valence-electron chi connectivity index (χ4n) is 9.61. The second kappa shape index (κ2) is 14.9. The lowest BCUT2D eigenvalue weighted by Crippen LogP contribution is -2.27. The highest BCUT2D eigenvalue weighted by Crippen LogP contribution is 2.52. The van der Waals surface area contributed by atoms with Crippen LogP contribution in [-0.4, -0.2) is 4.57 Å². The van der Waals surface area contributed by atoms with Crippen molar-refractivity contribution in [2.24, 2.45) is 0 Å². The number of aromatic nitrogens is 1. The standard InChI is InChI=1S/C57H46N4/c1-57(2)52-39-48(59(43-25-13-5-14-26-43)44-27-15-6-16-28-44)34-36-55(52)61-54-35-33-47(58(41-21-9-3-10-22-41)42-23-11-4-12-24-42)37-50(54)51-38-49(40-53(57)56(51)61)60(45-29-17-7-18-30-45)46-31-19-8-20-32-46/h3-7,9-19,21-40H,8,20H2,1-2H3. The maximum atomic E-state index is 2.54. The summed E-state index contributed by atoms with van der Waals surface area (Å²) in [7, 11) is 0. The third-order valence-electron chi connectivity index (χ3n) is 12.5. The minimum atomic E-state index is -0.356. The molecule has 1 aromatic heterocycles. The lowest BCUT2D eigenvalue weighted by atomic mass is 9.74. The molecule has 2 heterocycles. The first-order chi connectivity index (χ1) is 30.0. The van der Waals surface area contributed by atoms with E-state index in [1.165, 1.54) is 44.3 Å². The number of rotatable bonds is 9. The van der Waals surface area contributed by atoms with E-state index < -0.39 is 0 Å². The molecular weight excluding hydrogens is 741 g/mol. The summed E-state index contributed by atoms with van der Waals surface area (Å²) >= 11 is 0. The van der Waals surface area contributed by atoms with Crippen LogP contribution in [-0.2, 0) is 5.41 Å². The van der Waals surface area contributed by atoms with Gasteiger partial charge < -0.3 is 19.3 Å². The van der Waals surface area contributed by atoms with E-state index in [2.05, 4.69) is 252 Å². The zero-order valence-electron chi connectivity index (χ0n) is 34.5. The van der Waals surface area contributed by atoms with Crippen molar-refractivity contribution in [2.45, 2.75) is 32.1 Å². The van der Waals surface area contributed by atoms with Crippen molar-refractivity contribution in [3.05, 3.63) is 235 Å². The van der Waals surface area contributed by atoms with E-state index in [9.17, 15) is 0 Å². The molecular formula is C57H46N4. The molecule has 2 aliphatic rings. The Morgan fingerprint density at radius 2 is 0.869 bits per heavy atom. The molecule has 1 aliphatic carbocycles. The summed E-state index contributed by atoms with van der Waals surface area (Å²) in [6.45, 7) is 4.82. The van der Waals surface area contributed by atoms with Gasteiger partial charge in [-0.15, -0.1) is 0 Å². The summed E-state index contributed by atoms with van der Waals surface area (Å²) in [6.07, 6.45) is 9.06. The molecule has 61 heavy (non-hydrogen) atoms. The normalized spacial score (nSPS) is 13.8. The topological polar surface area (TPSA) is 14.7 Å². The van der Waals surface area contributed by atoms with Crippen LogP contribution in [0, 0.1) is 0 Å². The number of allylic oxidation sites excluding steroid dienone is 3. The summed E-state index contributed by atoms with van der Waals surface area (Å²) in [4.78, 5) is 7.19. The molecule has 4 nitrogen and oxygen atoms in total. The number of hydrogen-bond acceptors (Lipinski definition) is 3. The summed E-state index contributed by atoms with van der Waals surface area (Å²) in [5.41, 5.74) is 16.1. The predicted molar refractivity (Wildman–Crippen MR) is 257 cm³/mol. The van der Waals surface area contributed by atoms with E-state index in [4.69, 9.17) is 0 Å². The lowest BCUT2D eigenvalue weighted by Gasteiger charge is -2.37. The van der Waals surface area contributed by atoms with Crippen molar-refractivity contribution in [3.8, 4) is 5.69 Å². The van der Waals surface area contributed by atoms with E-state index in [-0.39, 0.29) is 5.41 Å². The number of benzene rings is 8. The molecule has 1 aliphatic heterocycles. The Labute approximate surface area is 358 Å². The molecule has 0 atom stereocenters. The zero-order chi connectivity index (χ0) is 40.9. The molecule has 4 heteroatoms. The Bertz CT molecular complexity index is 3010. The Balaban J connectivity index is 1.19. The molecule has 0 spiro atoms. The van der Waals surface area contributed by atoms with Crippen LogP contribution in [0.2, 0.25) is 0 Å². The lowest BCUT2D eigenvalue weighted by molar-refractivity contribution is 0.630. The molecule has 0 saturated carbocycles. The number of para-hydroxylation sites is 5. The van der Waals surface area contributed by atoms with Crippen LogP contribution in [0.4, 0.5) is 45.5 Å². The van der Waals surface area contributed by atoms with Gasteiger partial charge in [-0.3, -0.25) is 0 Å². The van der Waals surface area contributed by atoms with E-state index in [1.807, 2.05) is 0 Å². The van der Waals surface area contributed by atoms with Gasteiger partial charge in [-0.05, 0) is 139 Å². The van der Waals surface area contributed by atoms with Gasteiger partial charge in [0.25, 0.3) is 0 Å². The smallest absolute Gasteiger partial charge is 0.0583 e. The van der Waals surface area contributed by atoms with Gasteiger partial charge >= 0.3 is 0 Å². The zero-order valence-corrected chi connectivity index (χ0v) is 34.5. The highest BCUT2D eigenvalue weighted by Gasteiger charge is 2.37. The summed E-state index contributed by atoms with van der Waals surface area (Å²) < 4.78 is 2.54. The molecule has 0 fully saturated rings. The molecule has 11 rings (SSSR count). The molecule has 294 valence electrons. The number of fused-ring (bicyclic) bond motifs is 5. The van der Waals surface area contributed by atoms with E-state index in [1.54, 1.807) is 0 Å². The predicted octanol–water partition coefficient (Wildman–Crippen LogP) is 15.7. The Morgan fingerprint density at radius 1 is 0.410 bits per heavy atom. The van der Waals surface area contributed by atoms with Gasteiger partial charge in [0, 0.05) is 67.4 Å². The van der Waals surface area contributed by atoms with Gasteiger partial charge in [-0.2, -0.15) is 0 Å². The quantitative estimate of drug-likeness (QED) is 0.145. The van der Waals surface area contributed by atoms with E-state index >= 15 is 0 Å². The highest BCUT2D eigenvalue weighted by molar-refractivity contribution is 6.14. The van der Waals surface area contributed by atoms with Gasteiger partial charge in [0.2, 0.25) is 0 Å². The van der Waals surface area contributed by atoms with Crippen LogP contribution < -0.4 is 14.7 Å². The van der Waals surface area contributed by atoms with Crippen LogP contribution >= 0.6 is 0 Å². The van der Waals surface area contributed by atoms with Crippen molar-refractivity contribution in [1.29, 1.82) is 0 Å². The first kappa shape index (κ1) is 36.5. The number of hydrogen-bond donors (Lipinski definition) is 0. The molecule has 0 saturated heterocycles. The number of nitrogens with zero attached hydrogens (tertiary/aromatic N) is 4. The first-order valence-corrected chi connectivity index (χ1v) is 21.3. The highest BCUT2D eigenvalue weighted by atomic mass is 15.2. The van der Waals surface area contributed by atoms with Crippen molar-refractivity contribution < 1.29 is 0 Å². The fraction of sp³-hybridized carbons (Fsp3) is 0.0877. The van der Waals surface area contributed by atoms with Crippen molar-refractivity contribution in [3.63, 3.8) is 0 Å². The average molecular weight is 787 g/mol. The minimum absolute atomic E-state index is 0.356.